The zero-order valence-electron chi connectivity index (χ0n) is 10.7. The van der Waals surface area contributed by atoms with Gasteiger partial charge in [0.05, 0.1) is 0 Å². The van der Waals surface area contributed by atoms with Crippen LogP contribution in [0.3, 0.4) is 0 Å². The van der Waals surface area contributed by atoms with E-state index in [-0.39, 0.29) is 12.5 Å². The highest BCUT2D eigenvalue weighted by atomic mass is 16.3. The monoisotopic (exact) mass is 240 g/mol. The van der Waals surface area contributed by atoms with Crippen molar-refractivity contribution in [1.29, 1.82) is 0 Å². The first-order valence-electron chi connectivity index (χ1n) is 6.83. The van der Waals surface area contributed by atoms with Gasteiger partial charge >= 0.3 is 0 Å². The molecule has 2 fully saturated rings. The second-order valence-corrected chi connectivity index (χ2v) is 5.53. The molecule has 0 aromatic carbocycles. The minimum Gasteiger partial charge on any atom is -0.396 e. The normalized spacial score (nSPS) is 34.0. The molecule has 2 heterocycles. The molecule has 0 spiro atoms. The number of aliphatic hydroxyl groups excluding tert-OH is 1. The molecule has 2 saturated heterocycles. The van der Waals surface area contributed by atoms with Crippen LogP contribution in [0.25, 0.3) is 0 Å². The first-order valence-corrected chi connectivity index (χ1v) is 6.83. The van der Waals surface area contributed by atoms with Gasteiger partial charge < -0.3 is 15.3 Å². The quantitative estimate of drug-likeness (QED) is 0.760. The summed E-state index contributed by atoms with van der Waals surface area (Å²) in [5, 5.41) is 12.3. The number of rotatable bonds is 3. The zero-order valence-corrected chi connectivity index (χ0v) is 10.7. The number of carbonyl (C=O) groups excluding carboxylic acids is 1. The first-order chi connectivity index (χ1) is 8.20. The number of aliphatic hydroxyl groups is 1. The summed E-state index contributed by atoms with van der Waals surface area (Å²) in [5.74, 6) is 1.08. The van der Waals surface area contributed by atoms with Crippen molar-refractivity contribution in [3.8, 4) is 0 Å². The van der Waals surface area contributed by atoms with Gasteiger partial charge in [0.1, 0.15) is 0 Å². The van der Waals surface area contributed by atoms with Crippen molar-refractivity contribution in [2.75, 3.05) is 26.2 Å². The molecule has 0 bridgehead atoms. The Balaban J connectivity index is 1.83. The lowest BCUT2D eigenvalue weighted by Gasteiger charge is -2.30. The summed E-state index contributed by atoms with van der Waals surface area (Å²) in [6.07, 6.45) is 3.85. The van der Waals surface area contributed by atoms with Gasteiger partial charge in [0.25, 0.3) is 0 Å². The topological polar surface area (TPSA) is 52.6 Å². The van der Waals surface area contributed by atoms with Crippen molar-refractivity contribution in [3.63, 3.8) is 0 Å². The lowest BCUT2D eigenvalue weighted by Crippen LogP contribution is -2.43. The van der Waals surface area contributed by atoms with Gasteiger partial charge in [-0.2, -0.15) is 0 Å². The van der Waals surface area contributed by atoms with E-state index in [0.717, 1.165) is 45.3 Å². The van der Waals surface area contributed by atoms with Crippen molar-refractivity contribution in [2.24, 2.45) is 11.8 Å². The van der Waals surface area contributed by atoms with E-state index in [0.29, 0.717) is 17.9 Å². The molecule has 0 aromatic heterocycles. The number of nitrogens with zero attached hydrogens (tertiary/aromatic N) is 1. The summed E-state index contributed by atoms with van der Waals surface area (Å²) >= 11 is 0. The van der Waals surface area contributed by atoms with Crippen molar-refractivity contribution in [1.82, 2.24) is 10.2 Å². The van der Waals surface area contributed by atoms with Crippen LogP contribution < -0.4 is 5.32 Å². The summed E-state index contributed by atoms with van der Waals surface area (Å²) < 4.78 is 0. The zero-order chi connectivity index (χ0) is 12.3. The summed E-state index contributed by atoms with van der Waals surface area (Å²) in [4.78, 5) is 14.3. The lowest BCUT2D eigenvalue weighted by atomic mass is 9.92. The molecule has 1 amide bonds. The van der Waals surface area contributed by atoms with Gasteiger partial charge in [-0.1, -0.05) is 0 Å². The maximum atomic E-state index is 12.3. The van der Waals surface area contributed by atoms with Gasteiger partial charge in [0.2, 0.25) is 5.91 Å². The van der Waals surface area contributed by atoms with Crippen LogP contribution in [-0.2, 0) is 4.79 Å². The smallest absolute Gasteiger partial charge is 0.225 e. The Hall–Kier alpha value is -0.610. The molecule has 0 saturated carbocycles. The van der Waals surface area contributed by atoms with Gasteiger partial charge in [-0.05, 0) is 45.1 Å². The van der Waals surface area contributed by atoms with Gasteiger partial charge in [0.15, 0.2) is 0 Å². The van der Waals surface area contributed by atoms with E-state index in [1.165, 1.54) is 0 Å². The average Bonchev–Trinajstić information content (AvgIpc) is 2.77. The number of amides is 1. The molecule has 2 rings (SSSR count). The molecule has 3 unspecified atom stereocenters. The molecule has 17 heavy (non-hydrogen) atoms. The van der Waals surface area contributed by atoms with Gasteiger partial charge in [0, 0.05) is 31.7 Å². The van der Waals surface area contributed by atoms with Crippen LogP contribution in [0.1, 0.15) is 32.6 Å². The van der Waals surface area contributed by atoms with Crippen molar-refractivity contribution < 1.29 is 9.90 Å². The first kappa shape index (κ1) is 12.8. The fourth-order valence-electron chi connectivity index (χ4n) is 3.07. The molecular formula is C13H24N2O2. The maximum absolute atomic E-state index is 12.3. The van der Waals surface area contributed by atoms with Crippen LogP contribution in [0, 0.1) is 11.8 Å². The maximum Gasteiger partial charge on any atom is 0.225 e. The Labute approximate surface area is 103 Å². The van der Waals surface area contributed by atoms with E-state index in [4.69, 9.17) is 5.11 Å². The summed E-state index contributed by atoms with van der Waals surface area (Å²) in [6, 6.07) is 0.466. The van der Waals surface area contributed by atoms with E-state index < -0.39 is 0 Å². The standard InChI is InChI=1S/C13H24N2O2/c1-10-8-12(2-5-14-10)13(17)15-6-3-11(9-15)4-7-16/h10-12,14,16H,2-9H2,1H3. The third-order valence-corrected chi connectivity index (χ3v) is 4.11. The SMILES string of the molecule is CC1CC(C(=O)N2CCC(CCO)C2)CCN1. The molecule has 4 heteroatoms. The second-order valence-electron chi connectivity index (χ2n) is 5.53. The Morgan fingerprint density at radius 3 is 3.00 bits per heavy atom. The van der Waals surface area contributed by atoms with E-state index in [1.54, 1.807) is 0 Å². The van der Waals surface area contributed by atoms with Gasteiger partial charge in [-0.25, -0.2) is 0 Å². The highest BCUT2D eigenvalue weighted by Crippen LogP contribution is 2.24. The Morgan fingerprint density at radius 1 is 1.47 bits per heavy atom. The molecule has 2 N–H and O–H groups in total. The second kappa shape index (κ2) is 5.83. The number of hydrogen-bond acceptors (Lipinski definition) is 3. The third-order valence-electron chi connectivity index (χ3n) is 4.11. The minimum atomic E-state index is 0.221. The number of carbonyl (C=O) groups is 1. The number of hydrogen-bond donors (Lipinski definition) is 2. The van der Waals surface area contributed by atoms with E-state index in [2.05, 4.69) is 12.2 Å². The summed E-state index contributed by atoms with van der Waals surface area (Å²) in [6.45, 7) is 5.11. The van der Waals surface area contributed by atoms with Crippen LogP contribution in [0.2, 0.25) is 0 Å². The molecule has 98 valence electrons. The Kier molecular flexibility index (Phi) is 4.40. The lowest BCUT2D eigenvalue weighted by molar-refractivity contribution is -0.135. The molecule has 0 radical (unpaired) electrons. The Morgan fingerprint density at radius 2 is 2.29 bits per heavy atom. The van der Waals surface area contributed by atoms with Crippen LogP contribution >= 0.6 is 0 Å². The molecule has 3 atom stereocenters. The number of piperidine rings is 1. The van der Waals surface area contributed by atoms with Gasteiger partial charge in [-0.15, -0.1) is 0 Å². The molecule has 0 aliphatic carbocycles. The van der Waals surface area contributed by atoms with Crippen molar-refractivity contribution in [3.05, 3.63) is 0 Å². The fraction of sp³-hybridized carbons (Fsp3) is 0.923. The van der Waals surface area contributed by atoms with Crippen LogP contribution in [0.4, 0.5) is 0 Å². The van der Waals surface area contributed by atoms with Gasteiger partial charge in [-0.3, -0.25) is 4.79 Å². The molecular weight excluding hydrogens is 216 g/mol. The minimum absolute atomic E-state index is 0.221. The summed E-state index contributed by atoms with van der Waals surface area (Å²) in [7, 11) is 0. The number of nitrogens with one attached hydrogen (secondary N) is 1. The predicted molar refractivity (Wildman–Crippen MR) is 66.6 cm³/mol. The average molecular weight is 240 g/mol. The van der Waals surface area contributed by atoms with E-state index >= 15 is 0 Å². The third kappa shape index (κ3) is 3.19. The highest BCUT2D eigenvalue weighted by Gasteiger charge is 2.32. The fourth-order valence-corrected chi connectivity index (χ4v) is 3.07. The van der Waals surface area contributed by atoms with Crippen molar-refractivity contribution in [2.45, 2.75) is 38.6 Å². The van der Waals surface area contributed by atoms with Crippen LogP contribution in [0.15, 0.2) is 0 Å². The molecule has 2 aliphatic rings. The largest absolute Gasteiger partial charge is 0.396 e. The molecule has 0 aromatic rings. The Bertz CT molecular complexity index is 270. The van der Waals surface area contributed by atoms with Crippen LogP contribution in [-0.4, -0.2) is 48.2 Å². The molecule has 4 nitrogen and oxygen atoms in total. The number of likely N-dealkylation sites (tertiary alicyclic amines) is 1. The highest BCUT2D eigenvalue weighted by molar-refractivity contribution is 5.79. The summed E-state index contributed by atoms with van der Waals surface area (Å²) in [5.41, 5.74) is 0. The van der Waals surface area contributed by atoms with Crippen LogP contribution in [0.5, 0.6) is 0 Å². The van der Waals surface area contributed by atoms with E-state index in [9.17, 15) is 4.79 Å². The van der Waals surface area contributed by atoms with E-state index in [1.807, 2.05) is 4.90 Å². The van der Waals surface area contributed by atoms with Crippen molar-refractivity contribution >= 4 is 5.91 Å². The molecule has 2 aliphatic heterocycles. The predicted octanol–water partition coefficient (Wildman–Crippen LogP) is 0.605.